The van der Waals surface area contributed by atoms with Crippen molar-refractivity contribution in [1.82, 2.24) is 9.97 Å². The largest absolute Gasteiger partial charge is 0.374 e. The molecule has 0 aromatic carbocycles. The Balaban J connectivity index is 1.92. The van der Waals surface area contributed by atoms with Crippen molar-refractivity contribution in [2.75, 3.05) is 50.1 Å². The molecule has 0 amide bonds. The molecule has 2 N–H and O–H groups in total. The highest BCUT2D eigenvalue weighted by molar-refractivity contribution is 5.54. The number of aryl methyl sites for hydroxylation is 1. The van der Waals surface area contributed by atoms with Crippen molar-refractivity contribution in [1.29, 1.82) is 0 Å². The van der Waals surface area contributed by atoms with Crippen LogP contribution >= 0.6 is 0 Å². The van der Waals surface area contributed by atoms with Crippen molar-refractivity contribution in [2.24, 2.45) is 5.73 Å². The van der Waals surface area contributed by atoms with Crippen molar-refractivity contribution in [2.45, 2.75) is 38.2 Å². The van der Waals surface area contributed by atoms with E-state index in [1.165, 1.54) is 24.1 Å². The molecule has 0 bridgehead atoms. The minimum Gasteiger partial charge on any atom is -0.374 e. The summed E-state index contributed by atoms with van der Waals surface area (Å²) in [5, 5.41) is 0. The lowest BCUT2D eigenvalue weighted by Crippen LogP contribution is -2.44. The third kappa shape index (κ3) is 3.17. The first-order chi connectivity index (χ1) is 10.7. The maximum Gasteiger partial charge on any atom is 0.227 e. The Kier molecular flexibility index (Phi) is 4.78. The molecule has 6 nitrogen and oxygen atoms in total. The molecule has 1 fully saturated rings. The Morgan fingerprint density at radius 1 is 1.27 bits per heavy atom. The van der Waals surface area contributed by atoms with Gasteiger partial charge >= 0.3 is 0 Å². The Morgan fingerprint density at radius 2 is 2.09 bits per heavy atom. The quantitative estimate of drug-likeness (QED) is 0.894. The van der Waals surface area contributed by atoms with Gasteiger partial charge in [0.2, 0.25) is 5.95 Å². The van der Waals surface area contributed by atoms with Gasteiger partial charge in [0.25, 0.3) is 0 Å². The Labute approximate surface area is 132 Å². The summed E-state index contributed by atoms with van der Waals surface area (Å²) in [4.78, 5) is 14.0. The number of nitrogens with two attached hydrogens (primary N) is 1. The molecule has 22 heavy (non-hydrogen) atoms. The van der Waals surface area contributed by atoms with Crippen molar-refractivity contribution in [3.05, 3.63) is 11.3 Å². The molecule has 2 heterocycles. The lowest BCUT2D eigenvalue weighted by molar-refractivity contribution is 0.0365. The van der Waals surface area contributed by atoms with Crippen LogP contribution in [0, 0.1) is 0 Å². The second-order valence-electron chi connectivity index (χ2n) is 6.39. The molecule has 1 aliphatic heterocycles. The average Bonchev–Trinajstić information content (AvgIpc) is 2.54. The first-order valence-corrected chi connectivity index (χ1v) is 8.32. The zero-order valence-electron chi connectivity index (χ0n) is 13.7. The van der Waals surface area contributed by atoms with Crippen LogP contribution in [0.2, 0.25) is 0 Å². The number of ether oxygens (including phenoxy) is 1. The minimum absolute atomic E-state index is 0.218. The summed E-state index contributed by atoms with van der Waals surface area (Å²) in [6.07, 6.45) is 5.76. The van der Waals surface area contributed by atoms with E-state index < -0.39 is 0 Å². The van der Waals surface area contributed by atoms with Gasteiger partial charge in [-0.25, -0.2) is 4.98 Å². The molecule has 6 heteroatoms. The van der Waals surface area contributed by atoms with Gasteiger partial charge < -0.3 is 20.3 Å². The number of morpholine rings is 1. The maximum atomic E-state index is 5.82. The fourth-order valence-electron chi connectivity index (χ4n) is 3.30. The van der Waals surface area contributed by atoms with Gasteiger partial charge in [-0.05, 0) is 38.6 Å². The van der Waals surface area contributed by atoms with Crippen LogP contribution in [-0.4, -0.2) is 56.4 Å². The van der Waals surface area contributed by atoms with E-state index in [4.69, 9.17) is 20.4 Å². The summed E-state index contributed by atoms with van der Waals surface area (Å²) >= 11 is 0. The van der Waals surface area contributed by atoms with Crippen LogP contribution in [0.4, 0.5) is 11.8 Å². The fourth-order valence-corrected chi connectivity index (χ4v) is 3.30. The van der Waals surface area contributed by atoms with Crippen LogP contribution in [0.15, 0.2) is 0 Å². The SMILES string of the molecule is CN(C)c1nc2c(c(N3CCO[C@H](CCN)C3)n1)CCCC2. The first-order valence-electron chi connectivity index (χ1n) is 8.32. The van der Waals surface area contributed by atoms with Crippen molar-refractivity contribution in [3.8, 4) is 0 Å². The third-order valence-corrected chi connectivity index (χ3v) is 4.48. The number of hydrogen-bond acceptors (Lipinski definition) is 6. The molecule has 3 rings (SSSR count). The number of nitrogens with zero attached hydrogens (tertiary/aromatic N) is 4. The third-order valence-electron chi connectivity index (χ3n) is 4.48. The van der Waals surface area contributed by atoms with E-state index in [1.807, 2.05) is 19.0 Å². The number of hydrogen-bond donors (Lipinski definition) is 1. The molecular weight excluding hydrogens is 278 g/mol. The summed E-state index contributed by atoms with van der Waals surface area (Å²) in [6.45, 7) is 3.20. The van der Waals surface area contributed by atoms with Gasteiger partial charge in [0, 0.05) is 32.7 Å². The molecule has 1 aromatic heterocycles. The second kappa shape index (κ2) is 6.79. The molecule has 1 atom stereocenters. The van der Waals surface area contributed by atoms with Gasteiger partial charge in [0.15, 0.2) is 0 Å². The van der Waals surface area contributed by atoms with Crippen LogP contribution in [0.3, 0.4) is 0 Å². The van der Waals surface area contributed by atoms with Gasteiger partial charge in [-0.3, -0.25) is 0 Å². The summed E-state index contributed by atoms with van der Waals surface area (Å²) < 4.78 is 5.82. The predicted octanol–water partition coefficient (Wildman–Crippen LogP) is 0.975. The molecule has 0 radical (unpaired) electrons. The number of anilines is 2. The monoisotopic (exact) mass is 305 g/mol. The highest BCUT2D eigenvalue weighted by Gasteiger charge is 2.26. The molecule has 0 saturated carbocycles. The molecule has 2 aliphatic rings. The molecule has 122 valence electrons. The van der Waals surface area contributed by atoms with Crippen LogP contribution in [0.25, 0.3) is 0 Å². The highest BCUT2D eigenvalue weighted by atomic mass is 16.5. The van der Waals surface area contributed by atoms with Gasteiger partial charge in [0.05, 0.1) is 18.4 Å². The number of aromatic nitrogens is 2. The first kappa shape index (κ1) is 15.5. The topological polar surface area (TPSA) is 67.5 Å². The summed E-state index contributed by atoms with van der Waals surface area (Å²) in [5.74, 6) is 1.94. The zero-order valence-corrected chi connectivity index (χ0v) is 13.7. The number of fused-ring (bicyclic) bond motifs is 1. The van der Waals surface area contributed by atoms with Gasteiger partial charge in [-0.15, -0.1) is 0 Å². The van der Waals surface area contributed by atoms with E-state index in [0.29, 0.717) is 6.54 Å². The highest BCUT2D eigenvalue weighted by Crippen LogP contribution is 2.30. The van der Waals surface area contributed by atoms with Crippen molar-refractivity contribution < 1.29 is 4.74 Å². The predicted molar refractivity (Wildman–Crippen MR) is 88.6 cm³/mol. The van der Waals surface area contributed by atoms with E-state index in [0.717, 1.165) is 50.7 Å². The molecule has 1 aliphatic carbocycles. The Bertz CT molecular complexity index is 518. The summed E-state index contributed by atoms with van der Waals surface area (Å²) in [6, 6.07) is 0. The fraction of sp³-hybridized carbons (Fsp3) is 0.750. The van der Waals surface area contributed by atoms with Crippen molar-refractivity contribution in [3.63, 3.8) is 0 Å². The zero-order chi connectivity index (χ0) is 15.5. The molecule has 1 saturated heterocycles. The van der Waals surface area contributed by atoms with Crippen LogP contribution in [-0.2, 0) is 17.6 Å². The molecular formula is C16H27N5O. The van der Waals surface area contributed by atoms with E-state index in [-0.39, 0.29) is 6.10 Å². The number of rotatable bonds is 4. The second-order valence-corrected chi connectivity index (χ2v) is 6.39. The maximum absolute atomic E-state index is 5.82. The van der Waals surface area contributed by atoms with Gasteiger partial charge in [-0.2, -0.15) is 4.98 Å². The van der Waals surface area contributed by atoms with E-state index in [9.17, 15) is 0 Å². The lowest BCUT2D eigenvalue weighted by atomic mass is 9.96. The Hall–Kier alpha value is -1.40. The lowest BCUT2D eigenvalue weighted by Gasteiger charge is -2.36. The normalized spacial score (nSPS) is 21.6. The smallest absolute Gasteiger partial charge is 0.227 e. The van der Waals surface area contributed by atoms with Gasteiger partial charge in [-0.1, -0.05) is 0 Å². The minimum atomic E-state index is 0.218. The van der Waals surface area contributed by atoms with Crippen LogP contribution < -0.4 is 15.5 Å². The van der Waals surface area contributed by atoms with E-state index >= 15 is 0 Å². The molecule has 1 aromatic rings. The van der Waals surface area contributed by atoms with E-state index in [2.05, 4.69) is 4.90 Å². The molecule has 0 unspecified atom stereocenters. The van der Waals surface area contributed by atoms with Crippen molar-refractivity contribution >= 4 is 11.8 Å². The van der Waals surface area contributed by atoms with Gasteiger partial charge in [0.1, 0.15) is 5.82 Å². The van der Waals surface area contributed by atoms with Crippen LogP contribution in [0.5, 0.6) is 0 Å². The van der Waals surface area contributed by atoms with Crippen LogP contribution in [0.1, 0.15) is 30.5 Å². The standard InChI is InChI=1S/C16H27N5O/c1-20(2)16-18-14-6-4-3-5-13(14)15(19-16)21-9-10-22-12(11-21)7-8-17/h12H,3-11,17H2,1-2H3/t12-/m1/s1. The summed E-state index contributed by atoms with van der Waals surface area (Å²) in [7, 11) is 4.01. The van der Waals surface area contributed by atoms with E-state index in [1.54, 1.807) is 0 Å². The molecule has 0 spiro atoms. The summed E-state index contributed by atoms with van der Waals surface area (Å²) in [5.41, 5.74) is 8.28. The Morgan fingerprint density at radius 3 is 2.86 bits per heavy atom. The average molecular weight is 305 g/mol.